The number of hydrogen-bond donors (Lipinski definition) is 1. The van der Waals surface area contributed by atoms with Crippen molar-refractivity contribution < 1.29 is 19.1 Å². The van der Waals surface area contributed by atoms with E-state index >= 15 is 0 Å². The van der Waals surface area contributed by atoms with Gasteiger partial charge >= 0.3 is 5.97 Å². The molecule has 18 heavy (non-hydrogen) atoms. The monoisotopic (exact) mass is 245 g/mol. The Hall–Kier alpha value is -2.43. The van der Waals surface area contributed by atoms with Crippen LogP contribution in [0.25, 0.3) is 22.0 Å². The molecule has 0 atom stereocenters. The highest BCUT2D eigenvalue weighted by Gasteiger charge is 2.17. The molecule has 1 aromatic carbocycles. The normalized spacial score (nSPS) is 11.2. The number of rotatable bonds is 2. The fourth-order valence-corrected chi connectivity index (χ4v) is 2.17. The van der Waals surface area contributed by atoms with E-state index < -0.39 is 5.97 Å². The summed E-state index contributed by atoms with van der Waals surface area (Å²) in [5.41, 5.74) is 2.29. The van der Waals surface area contributed by atoms with Gasteiger partial charge in [-0.15, -0.1) is 0 Å². The van der Waals surface area contributed by atoms with Crippen LogP contribution < -0.4 is 4.74 Å². The second kappa shape index (κ2) is 3.53. The number of carbonyl (C=O) groups is 1. The summed E-state index contributed by atoms with van der Waals surface area (Å²) in [6, 6.07) is 7.12. The first kappa shape index (κ1) is 10.7. The number of furan rings is 1. The molecule has 0 saturated carbocycles. The number of aromatic nitrogens is 1. The van der Waals surface area contributed by atoms with Gasteiger partial charge in [-0.2, -0.15) is 0 Å². The number of carboxylic acids is 1. The Labute approximate surface area is 102 Å². The van der Waals surface area contributed by atoms with Crippen molar-refractivity contribution in [2.75, 3.05) is 7.11 Å². The lowest BCUT2D eigenvalue weighted by molar-refractivity contribution is 0.0665. The molecule has 0 saturated heterocycles. The zero-order valence-electron chi connectivity index (χ0n) is 9.93. The van der Waals surface area contributed by atoms with E-state index in [2.05, 4.69) is 0 Å². The van der Waals surface area contributed by atoms with Crippen molar-refractivity contribution >= 4 is 28.0 Å². The van der Waals surface area contributed by atoms with Gasteiger partial charge in [-0.3, -0.25) is 0 Å². The van der Waals surface area contributed by atoms with E-state index in [0.29, 0.717) is 5.58 Å². The van der Waals surface area contributed by atoms with Gasteiger partial charge in [-0.25, -0.2) is 4.79 Å². The first-order valence-electron chi connectivity index (χ1n) is 5.41. The molecule has 3 rings (SSSR count). The van der Waals surface area contributed by atoms with Crippen LogP contribution in [0.15, 0.2) is 28.7 Å². The van der Waals surface area contributed by atoms with Crippen LogP contribution >= 0.6 is 0 Å². The molecule has 0 spiro atoms. The zero-order chi connectivity index (χ0) is 12.9. The molecule has 0 fully saturated rings. The van der Waals surface area contributed by atoms with Crippen molar-refractivity contribution in [3.8, 4) is 5.75 Å². The predicted octanol–water partition coefficient (Wildman–Crippen LogP) is 2.63. The summed E-state index contributed by atoms with van der Waals surface area (Å²) >= 11 is 0. The molecule has 0 aliphatic heterocycles. The third-order valence-corrected chi connectivity index (χ3v) is 3.10. The van der Waals surface area contributed by atoms with E-state index in [1.54, 1.807) is 7.11 Å². The minimum atomic E-state index is -1.06. The van der Waals surface area contributed by atoms with E-state index in [1.807, 2.05) is 29.8 Å². The molecule has 92 valence electrons. The average Bonchev–Trinajstić information content (AvgIpc) is 2.90. The number of aromatic carboxylic acids is 1. The summed E-state index contributed by atoms with van der Waals surface area (Å²) in [6.07, 6.45) is 0. The SMILES string of the molecule is COc1ccc2c3oc(C(=O)O)cc3n(C)c2c1. The molecule has 5 heteroatoms. The minimum absolute atomic E-state index is 0.0479. The third-order valence-electron chi connectivity index (χ3n) is 3.10. The van der Waals surface area contributed by atoms with E-state index in [-0.39, 0.29) is 5.76 Å². The Bertz CT molecular complexity index is 766. The number of hydrogen-bond acceptors (Lipinski definition) is 3. The van der Waals surface area contributed by atoms with Gasteiger partial charge in [-0.1, -0.05) is 0 Å². The second-order valence-electron chi connectivity index (χ2n) is 4.07. The number of methoxy groups -OCH3 is 1. The van der Waals surface area contributed by atoms with Crippen LogP contribution in [0.5, 0.6) is 5.75 Å². The molecule has 0 aliphatic rings. The number of ether oxygens (including phenoxy) is 1. The quantitative estimate of drug-likeness (QED) is 0.753. The molecule has 2 heterocycles. The van der Waals surface area contributed by atoms with E-state index in [1.165, 1.54) is 6.07 Å². The summed E-state index contributed by atoms with van der Waals surface area (Å²) in [5, 5.41) is 9.80. The van der Waals surface area contributed by atoms with Crippen LogP contribution in [-0.2, 0) is 7.05 Å². The van der Waals surface area contributed by atoms with Crippen LogP contribution in [0.2, 0.25) is 0 Å². The standard InChI is InChI=1S/C13H11NO4/c1-14-9-5-7(17-2)3-4-8(9)12-10(14)6-11(18-12)13(15)16/h3-6H,1-2H3,(H,15,16). The maximum atomic E-state index is 10.9. The highest BCUT2D eigenvalue weighted by Crippen LogP contribution is 2.32. The summed E-state index contributed by atoms with van der Waals surface area (Å²) in [4.78, 5) is 10.9. The van der Waals surface area contributed by atoms with Gasteiger partial charge in [0.25, 0.3) is 0 Å². The maximum absolute atomic E-state index is 10.9. The summed E-state index contributed by atoms with van der Waals surface area (Å²) < 4.78 is 12.4. The maximum Gasteiger partial charge on any atom is 0.371 e. The fourth-order valence-electron chi connectivity index (χ4n) is 2.17. The lowest BCUT2D eigenvalue weighted by Gasteiger charge is -2.01. The summed E-state index contributed by atoms with van der Waals surface area (Å²) in [5.74, 6) is -0.356. The molecule has 0 bridgehead atoms. The smallest absolute Gasteiger partial charge is 0.371 e. The van der Waals surface area contributed by atoms with Gasteiger partial charge in [0.2, 0.25) is 5.76 Å². The molecule has 0 aliphatic carbocycles. The largest absolute Gasteiger partial charge is 0.497 e. The predicted molar refractivity (Wildman–Crippen MR) is 66.2 cm³/mol. The van der Waals surface area contributed by atoms with Crippen LogP contribution in [0, 0.1) is 0 Å². The Kier molecular flexibility index (Phi) is 2.10. The van der Waals surface area contributed by atoms with Crippen molar-refractivity contribution in [3.05, 3.63) is 30.0 Å². The Morgan fingerprint density at radius 2 is 2.11 bits per heavy atom. The average molecular weight is 245 g/mol. The molecule has 1 N–H and O–H groups in total. The van der Waals surface area contributed by atoms with Crippen molar-refractivity contribution in [1.29, 1.82) is 0 Å². The molecular formula is C13H11NO4. The van der Waals surface area contributed by atoms with Gasteiger partial charge in [0.1, 0.15) is 5.75 Å². The number of benzene rings is 1. The molecule has 2 aromatic heterocycles. The van der Waals surface area contributed by atoms with Gasteiger partial charge < -0.3 is 18.8 Å². The molecule has 0 unspecified atom stereocenters. The topological polar surface area (TPSA) is 64.6 Å². The summed E-state index contributed by atoms with van der Waals surface area (Å²) in [6.45, 7) is 0. The Balaban J connectivity index is 2.39. The van der Waals surface area contributed by atoms with Crippen LogP contribution in [0.3, 0.4) is 0 Å². The van der Waals surface area contributed by atoms with Crippen LogP contribution in [0.1, 0.15) is 10.6 Å². The highest BCUT2D eigenvalue weighted by molar-refractivity contribution is 6.07. The number of aryl methyl sites for hydroxylation is 1. The van der Waals surface area contributed by atoms with E-state index in [9.17, 15) is 4.79 Å². The lowest BCUT2D eigenvalue weighted by Crippen LogP contribution is -1.93. The van der Waals surface area contributed by atoms with Crippen LogP contribution in [0.4, 0.5) is 0 Å². The molecule has 0 amide bonds. The Morgan fingerprint density at radius 1 is 1.33 bits per heavy atom. The van der Waals surface area contributed by atoms with Gasteiger partial charge in [0, 0.05) is 24.6 Å². The van der Waals surface area contributed by atoms with E-state index in [4.69, 9.17) is 14.3 Å². The molecule has 0 radical (unpaired) electrons. The number of carboxylic acid groups (broad SMARTS) is 1. The van der Waals surface area contributed by atoms with Crippen molar-refractivity contribution in [1.82, 2.24) is 4.57 Å². The van der Waals surface area contributed by atoms with Gasteiger partial charge in [0.05, 0.1) is 18.1 Å². The number of fused-ring (bicyclic) bond motifs is 3. The number of nitrogens with zero attached hydrogens (tertiary/aromatic N) is 1. The molecular weight excluding hydrogens is 234 g/mol. The van der Waals surface area contributed by atoms with Crippen molar-refractivity contribution in [2.24, 2.45) is 7.05 Å². The fraction of sp³-hybridized carbons (Fsp3) is 0.154. The first-order valence-corrected chi connectivity index (χ1v) is 5.41. The lowest BCUT2D eigenvalue weighted by atomic mass is 10.2. The zero-order valence-corrected chi connectivity index (χ0v) is 9.93. The van der Waals surface area contributed by atoms with Gasteiger partial charge in [0.15, 0.2) is 5.58 Å². The third kappa shape index (κ3) is 1.30. The second-order valence-corrected chi connectivity index (χ2v) is 4.07. The molecule has 3 aromatic rings. The van der Waals surface area contributed by atoms with E-state index in [0.717, 1.165) is 22.2 Å². The highest BCUT2D eigenvalue weighted by atomic mass is 16.5. The Morgan fingerprint density at radius 3 is 2.78 bits per heavy atom. The summed E-state index contributed by atoms with van der Waals surface area (Å²) in [7, 11) is 3.47. The van der Waals surface area contributed by atoms with Crippen LogP contribution in [-0.4, -0.2) is 22.8 Å². The molecule has 5 nitrogen and oxygen atoms in total. The van der Waals surface area contributed by atoms with Crippen molar-refractivity contribution in [2.45, 2.75) is 0 Å². The minimum Gasteiger partial charge on any atom is -0.497 e. The van der Waals surface area contributed by atoms with Crippen molar-refractivity contribution in [3.63, 3.8) is 0 Å². The van der Waals surface area contributed by atoms with Gasteiger partial charge in [-0.05, 0) is 12.1 Å². The first-order chi connectivity index (χ1) is 8.61.